The maximum absolute atomic E-state index is 14.9. The molecule has 1 saturated heterocycles. The summed E-state index contributed by atoms with van der Waals surface area (Å²) in [5, 5.41) is -0.175. The summed E-state index contributed by atoms with van der Waals surface area (Å²) in [6.45, 7) is 7.87. The minimum absolute atomic E-state index is 0.00892. The molecule has 2 aliphatic heterocycles. The molecular formula is C42H52N4O9S. The molecule has 3 heterocycles. The van der Waals surface area contributed by atoms with Crippen LogP contribution in [0.25, 0.3) is 10.9 Å². The maximum Gasteiger partial charge on any atom is 0.307 e. The Balaban J connectivity index is 1.15. The molecule has 2 bridgehead atoms. The van der Waals surface area contributed by atoms with E-state index < -0.39 is 67.9 Å². The van der Waals surface area contributed by atoms with Gasteiger partial charge < -0.3 is 14.4 Å². The van der Waals surface area contributed by atoms with Gasteiger partial charge in [0.15, 0.2) is 5.78 Å². The number of allylic oxidation sites excluding steroid dienone is 3. The van der Waals surface area contributed by atoms with Gasteiger partial charge >= 0.3 is 5.97 Å². The number of hydrogen-bond donors (Lipinski definition) is 1. The zero-order valence-electron chi connectivity index (χ0n) is 32.2. The van der Waals surface area contributed by atoms with Crippen LogP contribution in [0, 0.1) is 36.0 Å². The molecular weight excluding hydrogens is 737 g/mol. The lowest BCUT2D eigenvalue weighted by atomic mass is 9.86. The summed E-state index contributed by atoms with van der Waals surface area (Å²) in [6.07, 6.45) is 11.3. The van der Waals surface area contributed by atoms with Gasteiger partial charge in [-0.3, -0.25) is 33.3 Å². The standard InChI is InChI=1S/C42H52N4O9S/c1-4-27-22-42(27,39(51)44-56(52,53)30-14-15-30)23-35(47)34-19-29-24-46(34)38(50)32(26-10-7-8-11-26)20-36(48)55-41(3)21-28(41)12-6-5-9-17-45-37(49)31-16-13-25(2)18-33(31)43-40(45)54-29/h4-5,9,13,16,18,26-30,32,34H,1,6-8,10-12,14-15,17,19-24H2,2-3H3,(H,44,51)/b9-5+/t27-,28-,29-,32+,34+,41-,42-/m1/s1. The summed E-state index contributed by atoms with van der Waals surface area (Å²) in [5.74, 6) is -2.92. The van der Waals surface area contributed by atoms with E-state index in [0.29, 0.717) is 23.7 Å². The fraction of sp³-hybridized carbons (Fsp3) is 0.619. The summed E-state index contributed by atoms with van der Waals surface area (Å²) < 4.78 is 41.9. The van der Waals surface area contributed by atoms with Crippen molar-refractivity contribution in [2.75, 3.05) is 6.54 Å². The first-order valence-electron chi connectivity index (χ1n) is 20.3. The Hall–Kier alpha value is -4.33. The van der Waals surface area contributed by atoms with Crippen LogP contribution in [0.15, 0.2) is 47.8 Å². The van der Waals surface area contributed by atoms with Crippen LogP contribution in [0.4, 0.5) is 0 Å². The van der Waals surface area contributed by atoms with E-state index in [2.05, 4.69) is 11.3 Å². The van der Waals surface area contributed by atoms with Gasteiger partial charge in [-0.1, -0.05) is 37.1 Å². The number of aryl methyl sites for hydroxylation is 1. The number of hydrogen-bond acceptors (Lipinski definition) is 10. The van der Waals surface area contributed by atoms with E-state index >= 15 is 0 Å². The van der Waals surface area contributed by atoms with Gasteiger partial charge in [-0.05, 0) is 94.7 Å². The Morgan fingerprint density at radius 2 is 1.84 bits per heavy atom. The van der Waals surface area contributed by atoms with Crippen LogP contribution in [-0.4, -0.2) is 76.0 Å². The van der Waals surface area contributed by atoms with Crippen molar-refractivity contribution in [3.05, 3.63) is 58.9 Å². The quantitative estimate of drug-likeness (QED) is 0.293. The highest BCUT2D eigenvalue weighted by molar-refractivity contribution is 7.90. The minimum atomic E-state index is -3.87. The molecule has 300 valence electrons. The molecule has 4 saturated carbocycles. The third-order valence-corrected chi connectivity index (χ3v) is 15.2. The lowest BCUT2D eigenvalue weighted by Gasteiger charge is -2.31. The van der Waals surface area contributed by atoms with Crippen molar-refractivity contribution in [3.8, 4) is 6.01 Å². The van der Waals surface area contributed by atoms with Crippen molar-refractivity contribution >= 4 is 44.5 Å². The zero-order valence-corrected chi connectivity index (χ0v) is 33.1. The molecule has 1 aromatic carbocycles. The van der Waals surface area contributed by atoms with E-state index in [0.717, 1.165) is 50.5 Å². The van der Waals surface area contributed by atoms with Crippen LogP contribution >= 0.6 is 0 Å². The topological polar surface area (TPSA) is 171 Å². The first-order valence-corrected chi connectivity index (χ1v) is 21.8. The Morgan fingerprint density at radius 3 is 2.55 bits per heavy atom. The van der Waals surface area contributed by atoms with Crippen LogP contribution in [0.5, 0.6) is 6.01 Å². The summed E-state index contributed by atoms with van der Waals surface area (Å²) in [6, 6.07) is 4.47. The molecule has 7 atom stereocenters. The second-order valence-corrected chi connectivity index (χ2v) is 19.4. The lowest BCUT2D eigenvalue weighted by Crippen LogP contribution is -2.47. The molecule has 13 nitrogen and oxygen atoms in total. The third kappa shape index (κ3) is 7.45. The zero-order chi connectivity index (χ0) is 39.6. The van der Waals surface area contributed by atoms with Crippen molar-refractivity contribution in [2.45, 2.75) is 127 Å². The molecule has 2 aromatic rings. The molecule has 56 heavy (non-hydrogen) atoms. The van der Waals surface area contributed by atoms with Crippen molar-refractivity contribution in [1.82, 2.24) is 19.2 Å². The van der Waals surface area contributed by atoms with Crippen LogP contribution in [0.3, 0.4) is 0 Å². The SMILES string of the molecule is C=C[C@@H]1C[C@]1(CC(=O)[C@@H]1C[C@@H]2CN1C(=O)[C@H](C1CCCC1)CC(=O)O[C@]1(C)C[C@H]1CC/C=C/Cn1c(nc3cc(C)ccc3c1=O)O2)C(=O)NS(=O)(=O)C1CC1. The normalized spacial score (nSPS) is 33.0. The first-order chi connectivity index (χ1) is 26.7. The van der Waals surface area contributed by atoms with E-state index in [1.807, 2.05) is 38.1 Å². The van der Waals surface area contributed by atoms with Gasteiger partial charge in [-0.15, -0.1) is 6.58 Å². The van der Waals surface area contributed by atoms with Gasteiger partial charge in [0.1, 0.15) is 11.7 Å². The predicted molar refractivity (Wildman–Crippen MR) is 207 cm³/mol. The summed E-state index contributed by atoms with van der Waals surface area (Å²) >= 11 is 0. The Kier molecular flexibility index (Phi) is 10.0. The number of Topliss-reactive ketones (excluding diaryl/α,β-unsaturated/α-hetero) is 1. The molecule has 8 rings (SSSR count). The molecule has 0 radical (unpaired) electrons. The van der Waals surface area contributed by atoms with E-state index in [1.54, 1.807) is 12.1 Å². The molecule has 0 unspecified atom stereocenters. The van der Waals surface area contributed by atoms with Gasteiger partial charge in [0.05, 0.1) is 46.5 Å². The molecule has 4 aliphatic carbocycles. The van der Waals surface area contributed by atoms with Crippen molar-refractivity contribution in [2.24, 2.45) is 29.1 Å². The number of benzene rings is 1. The number of rotatable bonds is 8. The van der Waals surface area contributed by atoms with E-state index in [4.69, 9.17) is 14.5 Å². The minimum Gasteiger partial charge on any atom is -0.459 e. The number of esters is 1. The van der Waals surface area contributed by atoms with Crippen LogP contribution in [0.1, 0.15) is 96.0 Å². The lowest BCUT2D eigenvalue weighted by molar-refractivity contribution is -0.157. The summed E-state index contributed by atoms with van der Waals surface area (Å²) in [7, 11) is -3.87. The molecule has 6 aliphatic rings. The number of fused-ring (bicyclic) bond motifs is 5. The Morgan fingerprint density at radius 1 is 1.07 bits per heavy atom. The average Bonchev–Trinajstić information content (AvgIpc) is 4.10. The molecule has 5 fully saturated rings. The second kappa shape index (κ2) is 14.6. The number of amides is 2. The van der Waals surface area contributed by atoms with Gasteiger partial charge in [0, 0.05) is 25.3 Å². The number of ether oxygens (including phenoxy) is 2. The van der Waals surface area contributed by atoms with Crippen LogP contribution in [0.2, 0.25) is 0 Å². The molecule has 14 heteroatoms. The number of nitrogens with zero attached hydrogens (tertiary/aromatic N) is 3. The monoisotopic (exact) mass is 788 g/mol. The highest BCUT2D eigenvalue weighted by Crippen LogP contribution is 2.57. The fourth-order valence-electron chi connectivity index (χ4n) is 9.52. The molecule has 0 spiro atoms. The van der Waals surface area contributed by atoms with Crippen molar-refractivity contribution in [1.29, 1.82) is 0 Å². The van der Waals surface area contributed by atoms with Gasteiger partial charge in [0.25, 0.3) is 11.6 Å². The number of carbonyl (C=O) groups excluding carboxylic acids is 4. The number of ketones is 1. The molecule has 1 aromatic heterocycles. The Bertz CT molecular complexity index is 2170. The van der Waals surface area contributed by atoms with Gasteiger partial charge in [-0.2, -0.15) is 4.98 Å². The number of nitrogens with one attached hydrogen (secondary N) is 1. The fourth-order valence-corrected chi connectivity index (χ4v) is 10.9. The number of aromatic nitrogens is 2. The Labute approximate surface area is 327 Å². The van der Waals surface area contributed by atoms with E-state index in [9.17, 15) is 32.4 Å². The first kappa shape index (κ1) is 38.5. The van der Waals surface area contributed by atoms with Gasteiger partial charge in [-0.25, -0.2) is 8.42 Å². The van der Waals surface area contributed by atoms with Crippen LogP contribution < -0.4 is 15.0 Å². The summed E-state index contributed by atoms with van der Waals surface area (Å²) in [5.41, 5.74) is -0.803. The average molecular weight is 789 g/mol. The van der Waals surface area contributed by atoms with E-state index in [1.165, 1.54) is 9.47 Å². The maximum atomic E-state index is 14.9. The summed E-state index contributed by atoms with van der Waals surface area (Å²) in [4.78, 5) is 77.0. The predicted octanol–water partition coefficient (Wildman–Crippen LogP) is 4.68. The number of sulfonamides is 1. The second-order valence-electron chi connectivity index (χ2n) is 17.4. The van der Waals surface area contributed by atoms with Crippen molar-refractivity contribution < 1.29 is 37.1 Å². The number of carbonyl (C=O) groups is 4. The largest absolute Gasteiger partial charge is 0.459 e. The molecule has 1 N–H and O–H groups in total. The van der Waals surface area contributed by atoms with Gasteiger partial charge in [0.2, 0.25) is 21.8 Å². The smallest absolute Gasteiger partial charge is 0.307 e. The van der Waals surface area contributed by atoms with Crippen LogP contribution in [-0.2, 0) is 40.5 Å². The highest BCUT2D eigenvalue weighted by atomic mass is 32.2. The molecule has 2 amide bonds. The highest BCUT2D eigenvalue weighted by Gasteiger charge is 2.62. The van der Waals surface area contributed by atoms with E-state index in [-0.39, 0.29) is 68.1 Å². The van der Waals surface area contributed by atoms with Crippen molar-refractivity contribution in [3.63, 3.8) is 0 Å². The third-order valence-electron chi connectivity index (χ3n) is 13.3.